The molecule has 0 spiro atoms. The second-order valence-corrected chi connectivity index (χ2v) is 6.87. The van der Waals surface area contributed by atoms with E-state index in [2.05, 4.69) is 46.6 Å². The van der Waals surface area contributed by atoms with Gasteiger partial charge in [0.2, 0.25) is 5.91 Å². The average molecular weight is 378 g/mol. The van der Waals surface area contributed by atoms with Crippen LogP contribution < -0.4 is 16.0 Å². The zero-order valence-corrected chi connectivity index (χ0v) is 15.7. The Bertz CT molecular complexity index is 665. The lowest BCUT2D eigenvalue weighted by molar-refractivity contribution is -0.120. The molecule has 134 valence electrons. The largest absolute Gasteiger partial charge is 0.356 e. The van der Waals surface area contributed by atoms with Crippen molar-refractivity contribution < 1.29 is 4.79 Å². The summed E-state index contributed by atoms with van der Waals surface area (Å²) in [6, 6.07) is 16.7. The van der Waals surface area contributed by atoms with Crippen molar-refractivity contribution in [2.24, 2.45) is 5.73 Å². The van der Waals surface area contributed by atoms with E-state index in [9.17, 15) is 4.79 Å². The van der Waals surface area contributed by atoms with Gasteiger partial charge in [0.15, 0.2) is 0 Å². The molecule has 4 nitrogen and oxygen atoms in total. The number of hydrogen-bond acceptors (Lipinski definition) is 4. The molecule has 1 heterocycles. The van der Waals surface area contributed by atoms with E-state index in [4.69, 9.17) is 5.73 Å². The molecule has 1 aliphatic heterocycles. The molecule has 25 heavy (non-hydrogen) atoms. The van der Waals surface area contributed by atoms with E-state index in [0.717, 1.165) is 12.8 Å². The van der Waals surface area contributed by atoms with E-state index in [-0.39, 0.29) is 18.3 Å². The Morgan fingerprint density at radius 3 is 2.20 bits per heavy atom. The molecular formula is C19H24ClN3OS. The Labute approximate surface area is 159 Å². The lowest BCUT2D eigenvalue weighted by Gasteiger charge is -2.32. The zero-order valence-electron chi connectivity index (χ0n) is 14.1. The molecule has 0 fully saturated rings. The van der Waals surface area contributed by atoms with E-state index in [0.29, 0.717) is 26.1 Å². The third-order valence-corrected chi connectivity index (χ3v) is 5.18. The molecule has 3 rings (SSSR count). The Hall–Kier alpha value is -1.69. The minimum Gasteiger partial charge on any atom is -0.356 e. The van der Waals surface area contributed by atoms with E-state index in [1.54, 1.807) is 11.8 Å². The molecule has 0 bridgehead atoms. The Kier molecular flexibility index (Phi) is 7.62. The van der Waals surface area contributed by atoms with E-state index >= 15 is 0 Å². The number of fused-ring (bicyclic) bond motifs is 2. The maximum Gasteiger partial charge on any atom is 0.221 e. The van der Waals surface area contributed by atoms with Crippen LogP contribution in [0.2, 0.25) is 0 Å². The molecular weight excluding hydrogens is 354 g/mol. The van der Waals surface area contributed by atoms with Gasteiger partial charge in [-0.05, 0) is 43.7 Å². The highest BCUT2D eigenvalue weighted by atomic mass is 35.5. The van der Waals surface area contributed by atoms with Crippen LogP contribution in [0.25, 0.3) is 0 Å². The van der Waals surface area contributed by atoms with Gasteiger partial charge in [-0.15, -0.1) is 12.4 Å². The maximum atomic E-state index is 12.1. The van der Waals surface area contributed by atoms with E-state index in [1.807, 2.05) is 12.1 Å². The summed E-state index contributed by atoms with van der Waals surface area (Å²) in [4.78, 5) is 16.8. The van der Waals surface area contributed by atoms with Crippen LogP contribution in [0.4, 0.5) is 11.4 Å². The quantitative estimate of drug-likeness (QED) is 0.717. The molecule has 2 aromatic carbocycles. The molecule has 6 heteroatoms. The number of carbonyl (C=O) groups is 1. The Balaban J connectivity index is 0.00000225. The van der Waals surface area contributed by atoms with Gasteiger partial charge >= 0.3 is 0 Å². The highest BCUT2D eigenvalue weighted by molar-refractivity contribution is 7.99. The highest BCUT2D eigenvalue weighted by Gasteiger charge is 2.22. The summed E-state index contributed by atoms with van der Waals surface area (Å²) in [6.45, 7) is 2.06. The van der Waals surface area contributed by atoms with E-state index < -0.39 is 0 Å². The van der Waals surface area contributed by atoms with Crippen LogP contribution in [0, 0.1) is 0 Å². The Morgan fingerprint density at radius 1 is 1.00 bits per heavy atom. The number of benzene rings is 2. The molecule has 0 aliphatic carbocycles. The number of amides is 1. The lowest BCUT2D eigenvalue weighted by atomic mass is 10.2. The summed E-state index contributed by atoms with van der Waals surface area (Å²) in [6.07, 6.45) is 2.37. The number of nitrogens with zero attached hydrogens (tertiary/aromatic N) is 1. The van der Waals surface area contributed by atoms with Crippen LogP contribution in [0.15, 0.2) is 58.3 Å². The third-order valence-electron chi connectivity index (χ3n) is 4.05. The highest BCUT2D eigenvalue weighted by Crippen LogP contribution is 2.47. The van der Waals surface area contributed by atoms with Gasteiger partial charge in [-0.25, -0.2) is 0 Å². The van der Waals surface area contributed by atoms with Gasteiger partial charge in [-0.2, -0.15) is 0 Å². The first-order valence-corrected chi connectivity index (χ1v) is 9.21. The molecule has 1 aliphatic rings. The number of hydrogen-bond donors (Lipinski definition) is 2. The number of carbonyl (C=O) groups excluding carboxylic acids is 1. The second kappa shape index (κ2) is 9.70. The second-order valence-electron chi connectivity index (χ2n) is 5.78. The molecule has 1 amide bonds. The third kappa shape index (κ3) is 4.91. The van der Waals surface area contributed by atoms with Crippen molar-refractivity contribution in [3.63, 3.8) is 0 Å². The summed E-state index contributed by atoms with van der Waals surface area (Å²) < 4.78 is 0. The average Bonchev–Trinajstić information content (AvgIpc) is 2.62. The van der Waals surface area contributed by atoms with Gasteiger partial charge < -0.3 is 16.0 Å². The number of nitrogens with one attached hydrogen (secondary N) is 1. The number of para-hydroxylation sites is 2. The van der Waals surface area contributed by atoms with Crippen LogP contribution in [0.3, 0.4) is 0 Å². The predicted octanol–water partition coefficient (Wildman–Crippen LogP) is 3.96. The van der Waals surface area contributed by atoms with Crippen molar-refractivity contribution in [1.29, 1.82) is 0 Å². The van der Waals surface area contributed by atoms with Crippen LogP contribution in [-0.2, 0) is 4.79 Å². The predicted molar refractivity (Wildman–Crippen MR) is 107 cm³/mol. The summed E-state index contributed by atoms with van der Waals surface area (Å²) in [7, 11) is 0. The molecule has 3 N–H and O–H groups in total. The first-order chi connectivity index (χ1) is 11.8. The molecule has 0 aromatic heterocycles. The van der Waals surface area contributed by atoms with E-state index in [1.165, 1.54) is 21.2 Å². The SMILES string of the molecule is Cl.NCCCCNC(=O)CCN1c2ccccc2Sc2ccccc21. The normalized spacial score (nSPS) is 12.0. The van der Waals surface area contributed by atoms with Crippen LogP contribution in [0.5, 0.6) is 0 Å². The lowest BCUT2D eigenvalue weighted by Crippen LogP contribution is -2.30. The summed E-state index contributed by atoms with van der Waals surface area (Å²) in [5.41, 5.74) is 7.83. The van der Waals surface area contributed by atoms with Crippen molar-refractivity contribution in [2.75, 3.05) is 24.5 Å². The van der Waals surface area contributed by atoms with Crippen LogP contribution in [-0.4, -0.2) is 25.5 Å². The smallest absolute Gasteiger partial charge is 0.221 e. The van der Waals surface area contributed by atoms with Gasteiger partial charge in [-0.1, -0.05) is 36.0 Å². The van der Waals surface area contributed by atoms with Crippen LogP contribution >= 0.6 is 24.2 Å². The van der Waals surface area contributed by atoms with Gasteiger partial charge in [-0.3, -0.25) is 4.79 Å². The topological polar surface area (TPSA) is 58.4 Å². The molecule has 2 aromatic rings. The summed E-state index contributed by atoms with van der Waals surface area (Å²) in [5, 5.41) is 2.98. The molecule has 0 unspecified atom stereocenters. The molecule has 0 saturated heterocycles. The zero-order chi connectivity index (χ0) is 16.8. The fourth-order valence-electron chi connectivity index (χ4n) is 2.82. The molecule has 0 atom stereocenters. The van der Waals surface area contributed by atoms with Crippen molar-refractivity contribution in [1.82, 2.24) is 5.32 Å². The monoisotopic (exact) mass is 377 g/mol. The van der Waals surface area contributed by atoms with Gasteiger partial charge in [0.25, 0.3) is 0 Å². The minimum absolute atomic E-state index is 0. The molecule has 0 radical (unpaired) electrons. The van der Waals surface area contributed by atoms with Crippen LogP contribution in [0.1, 0.15) is 19.3 Å². The van der Waals surface area contributed by atoms with Crippen molar-refractivity contribution in [2.45, 2.75) is 29.1 Å². The van der Waals surface area contributed by atoms with Crippen molar-refractivity contribution in [3.8, 4) is 0 Å². The number of halogens is 1. The number of anilines is 2. The first kappa shape index (κ1) is 19.6. The number of unbranched alkanes of at least 4 members (excludes halogenated alkanes) is 1. The minimum atomic E-state index is 0. The number of nitrogens with two attached hydrogens (primary N) is 1. The standard InChI is InChI=1S/C19H23N3OS.ClH/c20-12-5-6-13-21-19(23)11-14-22-15-7-1-3-9-17(15)24-18-10-4-2-8-16(18)22;/h1-4,7-10H,5-6,11-14,20H2,(H,21,23);1H. The van der Waals surface area contributed by atoms with Crippen molar-refractivity contribution in [3.05, 3.63) is 48.5 Å². The summed E-state index contributed by atoms with van der Waals surface area (Å²) >= 11 is 1.79. The van der Waals surface area contributed by atoms with Gasteiger partial charge in [0.05, 0.1) is 11.4 Å². The maximum absolute atomic E-state index is 12.1. The van der Waals surface area contributed by atoms with Crippen molar-refractivity contribution >= 4 is 41.5 Å². The fraction of sp³-hybridized carbons (Fsp3) is 0.316. The summed E-state index contributed by atoms with van der Waals surface area (Å²) in [5.74, 6) is 0.0974. The van der Waals surface area contributed by atoms with Gasteiger partial charge in [0.1, 0.15) is 0 Å². The molecule has 0 saturated carbocycles. The van der Waals surface area contributed by atoms with Gasteiger partial charge in [0, 0.05) is 29.3 Å². The Morgan fingerprint density at radius 2 is 1.60 bits per heavy atom. The number of rotatable bonds is 7. The fourth-order valence-corrected chi connectivity index (χ4v) is 3.92. The first-order valence-electron chi connectivity index (χ1n) is 8.40.